The zero-order chi connectivity index (χ0) is 28.7. The van der Waals surface area contributed by atoms with Gasteiger partial charge >= 0.3 is 6.18 Å². The summed E-state index contributed by atoms with van der Waals surface area (Å²) in [7, 11) is 1.42. The number of likely N-dealkylation sites (N-methyl/N-ethyl adjacent to an activating group) is 1. The van der Waals surface area contributed by atoms with Crippen LogP contribution in [0.5, 0.6) is 0 Å². The Morgan fingerprint density at radius 2 is 1.70 bits per heavy atom. The first kappa shape index (κ1) is 26.9. The van der Waals surface area contributed by atoms with E-state index in [0.717, 1.165) is 17.4 Å². The molecular formula is C29H26F3N5O3. The van der Waals surface area contributed by atoms with Crippen LogP contribution in [0.15, 0.2) is 79.1 Å². The van der Waals surface area contributed by atoms with E-state index in [1.807, 2.05) is 31.2 Å². The minimum Gasteiger partial charge on any atom is -0.372 e. The van der Waals surface area contributed by atoms with E-state index < -0.39 is 29.2 Å². The van der Waals surface area contributed by atoms with E-state index >= 15 is 0 Å². The molecule has 40 heavy (non-hydrogen) atoms. The van der Waals surface area contributed by atoms with Gasteiger partial charge in [0.2, 0.25) is 17.4 Å². The topological polar surface area (TPSA) is 101 Å². The summed E-state index contributed by atoms with van der Waals surface area (Å²) in [5.41, 5.74) is -1.49. The lowest BCUT2D eigenvalue weighted by atomic mass is 9.85. The summed E-state index contributed by atoms with van der Waals surface area (Å²) < 4.78 is 47.4. The lowest BCUT2D eigenvalue weighted by Gasteiger charge is -2.31. The van der Waals surface area contributed by atoms with Crippen LogP contribution in [0.3, 0.4) is 0 Å². The summed E-state index contributed by atoms with van der Waals surface area (Å²) in [5.74, 6) is -0.990. The maximum atomic E-state index is 14.8. The van der Waals surface area contributed by atoms with Crippen LogP contribution in [-0.2, 0) is 21.7 Å². The van der Waals surface area contributed by atoms with E-state index in [4.69, 9.17) is 0 Å². The quantitative estimate of drug-likeness (QED) is 0.286. The molecule has 0 spiro atoms. The minimum absolute atomic E-state index is 0.136. The SMILES string of the molecule is CNC(=O)CNC(=O)Cn1cc(C(O)(c2ccc3c(cnn3-c3ccc(C)cc3)c2)C(F)(F)F)c2ccccc21. The number of nitrogens with zero attached hydrogens (tertiary/aromatic N) is 3. The van der Waals surface area contributed by atoms with Crippen molar-refractivity contribution in [3.63, 3.8) is 0 Å². The van der Waals surface area contributed by atoms with Crippen molar-refractivity contribution < 1.29 is 27.9 Å². The number of hydrogen-bond acceptors (Lipinski definition) is 4. The van der Waals surface area contributed by atoms with Gasteiger partial charge in [-0.05, 0) is 42.8 Å². The number of halogens is 3. The molecule has 2 aromatic heterocycles. The van der Waals surface area contributed by atoms with Crippen molar-refractivity contribution in [2.24, 2.45) is 0 Å². The number of alkyl halides is 3. The number of carbonyl (C=O) groups excluding carboxylic acids is 2. The molecule has 0 fully saturated rings. The highest BCUT2D eigenvalue weighted by Crippen LogP contribution is 2.47. The van der Waals surface area contributed by atoms with Crippen LogP contribution in [0.1, 0.15) is 16.7 Å². The number of aliphatic hydroxyl groups is 1. The number of benzene rings is 3. The molecule has 3 N–H and O–H groups in total. The number of hydrogen-bond donors (Lipinski definition) is 3. The number of rotatable bonds is 7. The molecule has 1 atom stereocenters. The molecule has 206 valence electrons. The normalized spacial score (nSPS) is 13.3. The second kappa shape index (κ2) is 10.2. The zero-order valence-electron chi connectivity index (χ0n) is 21.7. The minimum atomic E-state index is -5.11. The molecule has 8 nitrogen and oxygen atoms in total. The van der Waals surface area contributed by atoms with Gasteiger partial charge < -0.3 is 20.3 Å². The average molecular weight is 550 g/mol. The van der Waals surface area contributed by atoms with Crippen LogP contribution in [0.4, 0.5) is 13.2 Å². The summed E-state index contributed by atoms with van der Waals surface area (Å²) in [5, 5.41) is 21.2. The Morgan fingerprint density at radius 3 is 2.40 bits per heavy atom. The van der Waals surface area contributed by atoms with Gasteiger partial charge in [-0.25, -0.2) is 4.68 Å². The van der Waals surface area contributed by atoms with Gasteiger partial charge in [-0.2, -0.15) is 18.3 Å². The van der Waals surface area contributed by atoms with Gasteiger partial charge in [0, 0.05) is 35.1 Å². The summed E-state index contributed by atoms with van der Waals surface area (Å²) in [4.78, 5) is 24.0. The molecule has 5 aromatic rings. The number of aromatic nitrogens is 3. The lowest BCUT2D eigenvalue weighted by Crippen LogP contribution is -2.43. The molecule has 0 aliphatic carbocycles. The highest BCUT2D eigenvalue weighted by molar-refractivity contribution is 5.89. The molecule has 3 aromatic carbocycles. The predicted molar refractivity (Wildman–Crippen MR) is 144 cm³/mol. The summed E-state index contributed by atoms with van der Waals surface area (Å²) in [6.45, 7) is 1.32. The third-order valence-corrected chi connectivity index (χ3v) is 6.89. The van der Waals surface area contributed by atoms with Crippen molar-refractivity contribution in [1.29, 1.82) is 0 Å². The van der Waals surface area contributed by atoms with E-state index in [1.54, 1.807) is 22.9 Å². The van der Waals surface area contributed by atoms with Crippen molar-refractivity contribution in [3.8, 4) is 5.69 Å². The van der Waals surface area contributed by atoms with E-state index in [9.17, 15) is 27.9 Å². The maximum absolute atomic E-state index is 14.8. The summed E-state index contributed by atoms with van der Waals surface area (Å²) >= 11 is 0. The van der Waals surface area contributed by atoms with E-state index in [-0.39, 0.29) is 24.0 Å². The Kier molecular flexibility index (Phi) is 6.84. The van der Waals surface area contributed by atoms with Gasteiger partial charge in [-0.3, -0.25) is 9.59 Å². The number of carbonyl (C=O) groups is 2. The largest absolute Gasteiger partial charge is 0.425 e. The Labute approximate surface area is 227 Å². The number of aryl methyl sites for hydroxylation is 1. The third-order valence-electron chi connectivity index (χ3n) is 6.89. The Balaban J connectivity index is 1.59. The van der Waals surface area contributed by atoms with Gasteiger partial charge in [-0.15, -0.1) is 0 Å². The van der Waals surface area contributed by atoms with Gasteiger partial charge in [0.05, 0.1) is 23.9 Å². The van der Waals surface area contributed by atoms with Crippen LogP contribution in [0.2, 0.25) is 0 Å². The summed E-state index contributed by atoms with van der Waals surface area (Å²) in [6.07, 6.45) is -2.52. The van der Waals surface area contributed by atoms with Crippen molar-refractivity contribution in [3.05, 3.63) is 95.8 Å². The van der Waals surface area contributed by atoms with Crippen molar-refractivity contribution in [2.75, 3.05) is 13.6 Å². The van der Waals surface area contributed by atoms with Gasteiger partial charge in [0.1, 0.15) is 6.54 Å². The van der Waals surface area contributed by atoms with Gasteiger partial charge in [0.15, 0.2) is 0 Å². The van der Waals surface area contributed by atoms with Crippen LogP contribution < -0.4 is 10.6 Å². The van der Waals surface area contributed by atoms with Crippen molar-refractivity contribution in [1.82, 2.24) is 25.0 Å². The molecular weight excluding hydrogens is 523 g/mol. The highest BCUT2D eigenvalue weighted by atomic mass is 19.4. The first-order chi connectivity index (χ1) is 19.0. The van der Waals surface area contributed by atoms with E-state index in [1.165, 1.54) is 42.1 Å². The smallest absolute Gasteiger partial charge is 0.372 e. The standard InChI is InChI=1S/C29H26F3N5O3/c1-18-7-10-21(11-8-18)37-24-12-9-20(13-19(24)14-35-37)28(40,29(30,31)32)23-16-36(25-6-4-3-5-22(23)25)17-27(39)34-15-26(38)33-2/h3-14,16,40H,15,17H2,1-2H3,(H,33,38)(H,34,39). The van der Waals surface area contributed by atoms with Gasteiger partial charge in [-0.1, -0.05) is 42.0 Å². The molecule has 0 radical (unpaired) electrons. The molecule has 0 saturated carbocycles. The second-order valence-corrected chi connectivity index (χ2v) is 9.51. The Morgan fingerprint density at radius 1 is 0.975 bits per heavy atom. The maximum Gasteiger partial charge on any atom is 0.425 e. The molecule has 11 heteroatoms. The van der Waals surface area contributed by atoms with Crippen LogP contribution in [0, 0.1) is 6.92 Å². The lowest BCUT2D eigenvalue weighted by molar-refractivity contribution is -0.247. The molecule has 1 unspecified atom stereocenters. The van der Waals surface area contributed by atoms with Crippen LogP contribution in [0.25, 0.3) is 27.5 Å². The summed E-state index contributed by atoms with van der Waals surface area (Å²) in [6, 6.07) is 17.8. The number of amides is 2. The molecule has 2 amide bonds. The van der Waals surface area contributed by atoms with Crippen molar-refractivity contribution in [2.45, 2.75) is 25.2 Å². The molecule has 2 heterocycles. The highest BCUT2D eigenvalue weighted by Gasteiger charge is 2.57. The molecule has 0 saturated heterocycles. The van der Waals surface area contributed by atoms with Gasteiger partial charge in [0.25, 0.3) is 0 Å². The fourth-order valence-corrected chi connectivity index (χ4v) is 4.77. The molecule has 0 aliphatic rings. The fourth-order valence-electron chi connectivity index (χ4n) is 4.77. The number of fused-ring (bicyclic) bond motifs is 2. The third kappa shape index (κ3) is 4.68. The van der Waals surface area contributed by atoms with Crippen LogP contribution in [-0.4, -0.2) is 51.0 Å². The predicted octanol–water partition coefficient (Wildman–Crippen LogP) is 3.95. The monoisotopic (exact) mass is 549 g/mol. The van der Waals surface area contributed by atoms with Crippen molar-refractivity contribution >= 4 is 33.6 Å². The molecule has 0 aliphatic heterocycles. The Hall–Kier alpha value is -4.64. The Bertz CT molecular complexity index is 1720. The zero-order valence-corrected chi connectivity index (χ0v) is 21.7. The molecule has 5 rings (SSSR count). The first-order valence-corrected chi connectivity index (χ1v) is 12.4. The van der Waals surface area contributed by atoms with Crippen LogP contribution >= 0.6 is 0 Å². The van der Waals surface area contributed by atoms with E-state index in [0.29, 0.717) is 16.4 Å². The first-order valence-electron chi connectivity index (χ1n) is 12.4. The average Bonchev–Trinajstić information content (AvgIpc) is 3.52. The molecule has 0 bridgehead atoms. The fraction of sp³-hybridized carbons (Fsp3) is 0.207. The second-order valence-electron chi connectivity index (χ2n) is 9.51. The number of para-hydroxylation sites is 1. The number of nitrogens with one attached hydrogen (secondary N) is 2. The van der Waals surface area contributed by atoms with E-state index in [2.05, 4.69) is 15.7 Å².